The summed E-state index contributed by atoms with van der Waals surface area (Å²) in [7, 11) is 1.46. The van der Waals surface area contributed by atoms with Crippen LogP contribution in [0, 0.1) is 5.82 Å². The number of benzene rings is 2. The first-order chi connectivity index (χ1) is 12.6. The maximum Gasteiger partial charge on any atom is 0.249 e. The fraction of sp³-hybridized carbons (Fsp3) is 0.300. The van der Waals surface area contributed by atoms with Crippen molar-refractivity contribution in [1.29, 1.82) is 0 Å². The van der Waals surface area contributed by atoms with E-state index in [1.165, 1.54) is 19.2 Å². The highest BCUT2D eigenvalue weighted by molar-refractivity contribution is 5.97. The van der Waals surface area contributed by atoms with Gasteiger partial charge in [-0.2, -0.15) is 0 Å². The van der Waals surface area contributed by atoms with Crippen LogP contribution < -0.4 is 5.32 Å². The van der Waals surface area contributed by atoms with Crippen molar-refractivity contribution in [3.05, 3.63) is 54.3 Å². The number of hydrogen-bond donors (Lipinski definition) is 1. The number of halogens is 1. The number of methoxy groups -OCH3 is 1. The molecule has 2 aromatic rings. The maximum atomic E-state index is 13.3. The molecule has 1 aliphatic heterocycles. The number of likely N-dealkylation sites (tertiary alicyclic amines) is 1. The molecule has 0 aliphatic carbocycles. The summed E-state index contributed by atoms with van der Waals surface area (Å²) in [6.45, 7) is 0.547. The normalized spacial score (nSPS) is 16.5. The average Bonchev–Trinajstić information content (AvgIpc) is 3.12. The molecule has 6 heteroatoms. The highest BCUT2D eigenvalue weighted by atomic mass is 19.1. The molecule has 0 saturated carbocycles. The van der Waals surface area contributed by atoms with E-state index < -0.39 is 6.04 Å². The van der Waals surface area contributed by atoms with Gasteiger partial charge in [0.25, 0.3) is 0 Å². The van der Waals surface area contributed by atoms with Gasteiger partial charge in [0.05, 0.1) is 0 Å². The molecular weight excluding hydrogens is 335 g/mol. The van der Waals surface area contributed by atoms with Gasteiger partial charge in [-0.1, -0.05) is 24.3 Å². The third kappa shape index (κ3) is 4.08. The first kappa shape index (κ1) is 18.1. The van der Waals surface area contributed by atoms with Crippen molar-refractivity contribution in [2.24, 2.45) is 0 Å². The van der Waals surface area contributed by atoms with Crippen LogP contribution in [0.1, 0.15) is 12.8 Å². The Balaban J connectivity index is 1.67. The van der Waals surface area contributed by atoms with Crippen molar-refractivity contribution < 1.29 is 18.7 Å². The molecule has 26 heavy (non-hydrogen) atoms. The Hall–Kier alpha value is -2.73. The Labute approximate surface area is 151 Å². The Morgan fingerprint density at radius 1 is 1.19 bits per heavy atom. The van der Waals surface area contributed by atoms with E-state index in [4.69, 9.17) is 4.74 Å². The quantitative estimate of drug-likeness (QED) is 0.896. The van der Waals surface area contributed by atoms with Crippen molar-refractivity contribution in [1.82, 2.24) is 4.90 Å². The number of carbonyl (C=O) groups excluding carboxylic acids is 2. The fourth-order valence-corrected chi connectivity index (χ4v) is 3.18. The lowest BCUT2D eigenvalue weighted by Crippen LogP contribution is -2.44. The van der Waals surface area contributed by atoms with Crippen LogP contribution in [0.2, 0.25) is 0 Å². The smallest absolute Gasteiger partial charge is 0.249 e. The van der Waals surface area contributed by atoms with Crippen LogP contribution in [-0.2, 0) is 14.3 Å². The van der Waals surface area contributed by atoms with Crippen molar-refractivity contribution in [3.63, 3.8) is 0 Å². The van der Waals surface area contributed by atoms with Crippen LogP contribution in [0.25, 0.3) is 11.1 Å². The van der Waals surface area contributed by atoms with Gasteiger partial charge in [0, 0.05) is 19.3 Å². The minimum atomic E-state index is -0.472. The third-order valence-corrected chi connectivity index (χ3v) is 4.45. The number of ether oxygens (including phenoxy) is 1. The second-order valence-corrected chi connectivity index (χ2v) is 6.26. The van der Waals surface area contributed by atoms with Crippen molar-refractivity contribution in [2.45, 2.75) is 18.9 Å². The van der Waals surface area contributed by atoms with Crippen molar-refractivity contribution in [3.8, 4) is 11.1 Å². The van der Waals surface area contributed by atoms with Crippen molar-refractivity contribution >= 4 is 17.5 Å². The van der Waals surface area contributed by atoms with E-state index in [9.17, 15) is 14.0 Å². The van der Waals surface area contributed by atoms with E-state index in [0.29, 0.717) is 18.7 Å². The van der Waals surface area contributed by atoms with Crippen LogP contribution in [0.4, 0.5) is 10.1 Å². The molecule has 1 fully saturated rings. The zero-order chi connectivity index (χ0) is 18.5. The molecular formula is C20H21FN2O3. The molecule has 0 spiro atoms. The lowest BCUT2D eigenvalue weighted by molar-refractivity contribution is -0.139. The molecule has 1 atom stereocenters. The second kappa shape index (κ2) is 8.10. The van der Waals surface area contributed by atoms with Gasteiger partial charge < -0.3 is 15.0 Å². The molecule has 136 valence electrons. The van der Waals surface area contributed by atoms with Crippen LogP contribution in [0.5, 0.6) is 0 Å². The molecule has 3 rings (SSSR count). The summed E-state index contributed by atoms with van der Waals surface area (Å²) in [5, 5.41) is 2.85. The first-order valence-electron chi connectivity index (χ1n) is 8.54. The van der Waals surface area contributed by atoms with Gasteiger partial charge in [-0.15, -0.1) is 0 Å². The molecule has 1 aliphatic rings. The second-order valence-electron chi connectivity index (χ2n) is 6.26. The molecule has 5 nitrogen and oxygen atoms in total. The maximum absolute atomic E-state index is 13.3. The van der Waals surface area contributed by atoms with Gasteiger partial charge in [-0.25, -0.2) is 4.39 Å². The Morgan fingerprint density at radius 2 is 1.96 bits per heavy atom. The SMILES string of the molecule is COCC(=O)N1CCC[C@H]1C(=O)Nc1ccc(-c2cccc(F)c2)cc1. The van der Waals surface area contributed by atoms with Crippen LogP contribution >= 0.6 is 0 Å². The standard InChI is InChI=1S/C20H21FN2O3/c1-26-13-19(24)23-11-3-6-18(23)20(25)22-17-9-7-14(8-10-17)15-4-2-5-16(21)12-15/h2,4-5,7-10,12,18H,3,6,11,13H2,1H3,(H,22,25)/t18-/m0/s1. The lowest BCUT2D eigenvalue weighted by atomic mass is 10.1. The minimum absolute atomic E-state index is 0.0217. The van der Waals surface area contributed by atoms with E-state index in [-0.39, 0.29) is 24.2 Å². The summed E-state index contributed by atoms with van der Waals surface area (Å²) >= 11 is 0. The van der Waals surface area contributed by atoms with Crippen molar-refractivity contribution in [2.75, 3.05) is 25.6 Å². The van der Waals surface area contributed by atoms with E-state index >= 15 is 0 Å². The Kier molecular flexibility index (Phi) is 5.63. The van der Waals surface area contributed by atoms with Gasteiger partial charge in [0.1, 0.15) is 18.5 Å². The predicted molar refractivity (Wildman–Crippen MR) is 97.1 cm³/mol. The van der Waals surface area contributed by atoms with Crippen LogP contribution in [-0.4, -0.2) is 43.0 Å². The molecule has 0 unspecified atom stereocenters. The monoisotopic (exact) mass is 356 g/mol. The highest BCUT2D eigenvalue weighted by Crippen LogP contribution is 2.23. The summed E-state index contributed by atoms with van der Waals surface area (Å²) in [5.74, 6) is -0.668. The molecule has 1 heterocycles. The topological polar surface area (TPSA) is 58.6 Å². The predicted octanol–water partition coefficient (Wildman–Crippen LogP) is 3.07. The van der Waals surface area contributed by atoms with Gasteiger partial charge in [-0.05, 0) is 48.2 Å². The molecule has 2 aromatic carbocycles. The number of rotatable bonds is 5. The number of anilines is 1. The van der Waals surface area contributed by atoms with E-state index in [1.54, 1.807) is 23.1 Å². The number of nitrogens with zero attached hydrogens (tertiary/aromatic N) is 1. The third-order valence-electron chi connectivity index (χ3n) is 4.45. The van der Waals surface area contributed by atoms with Gasteiger partial charge >= 0.3 is 0 Å². The summed E-state index contributed by atoms with van der Waals surface area (Å²) in [4.78, 5) is 26.1. The number of hydrogen-bond acceptors (Lipinski definition) is 3. The molecule has 0 aromatic heterocycles. The minimum Gasteiger partial charge on any atom is -0.375 e. The molecule has 0 radical (unpaired) electrons. The molecule has 1 N–H and O–H groups in total. The summed E-state index contributed by atoms with van der Waals surface area (Å²) < 4.78 is 18.2. The highest BCUT2D eigenvalue weighted by Gasteiger charge is 2.33. The zero-order valence-electron chi connectivity index (χ0n) is 14.6. The van der Waals surface area contributed by atoms with Gasteiger partial charge in [0.15, 0.2) is 0 Å². The number of carbonyl (C=O) groups is 2. The summed E-state index contributed by atoms with van der Waals surface area (Å²) in [6.07, 6.45) is 1.44. The first-order valence-corrected chi connectivity index (χ1v) is 8.54. The van der Waals surface area contributed by atoms with Gasteiger partial charge in [0.2, 0.25) is 11.8 Å². The van der Waals surface area contributed by atoms with E-state index in [2.05, 4.69) is 5.32 Å². The Bertz CT molecular complexity index is 792. The fourth-order valence-electron chi connectivity index (χ4n) is 3.18. The molecule has 0 bridgehead atoms. The molecule has 2 amide bonds. The lowest BCUT2D eigenvalue weighted by Gasteiger charge is -2.23. The van der Waals surface area contributed by atoms with Gasteiger partial charge in [-0.3, -0.25) is 9.59 Å². The molecule has 1 saturated heterocycles. The van der Waals surface area contributed by atoms with Crippen LogP contribution in [0.15, 0.2) is 48.5 Å². The number of amides is 2. The summed E-state index contributed by atoms with van der Waals surface area (Å²) in [6, 6.07) is 13.1. The number of nitrogens with one attached hydrogen (secondary N) is 1. The largest absolute Gasteiger partial charge is 0.375 e. The summed E-state index contributed by atoms with van der Waals surface area (Å²) in [5.41, 5.74) is 2.27. The van der Waals surface area contributed by atoms with Crippen LogP contribution in [0.3, 0.4) is 0 Å². The average molecular weight is 356 g/mol. The van der Waals surface area contributed by atoms with E-state index in [0.717, 1.165) is 17.5 Å². The Morgan fingerprint density at radius 3 is 2.65 bits per heavy atom. The van der Waals surface area contributed by atoms with E-state index in [1.807, 2.05) is 18.2 Å². The zero-order valence-corrected chi connectivity index (χ0v) is 14.6.